The number of benzene rings is 1. The van der Waals surface area contributed by atoms with Crippen LogP contribution in [0.4, 0.5) is 21.6 Å². The Hall–Kier alpha value is -2.85. The highest BCUT2D eigenvalue weighted by Crippen LogP contribution is 2.34. The molecular weight excluding hydrogens is 455 g/mol. The van der Waals surface area contributed by atoms with Gasteiger partial charge in [-0.05, 0) is 36.8 Å². The Labute approximate surface area is 202 Å². The number of carbonyl (C=O) groups excluding carboxylic acids is 2. The Balaban J connectivity index is 1.21. The van der Waals surface area contributed by atoms with Crippen molar-refractivity contribution in [2.45, 2.75) is 19.5 Å². The topological polar surface area (TPSA) is 80.8 Å². The molecule has 1 atom stereocenters. The lowest BCUT2D eigenvalue weighted by Gasteiger charge is -2.40. The van der Waals surface area contributed by atoms with Crippen molar-refractivity contribution in [3.63, 3.8) is 0 Å². The summed E-state index contributed by atoms with van der Waals surface area (Å²) in [5.41, 5.74) is 2.71. The number of hydrogen-bond donors (Lipinski definition) is 2. The minimum atomic E-state index is -0.374. The van der Waals surface area contributed by atoms with Crippen molar-refractivity contribution in [2.75, 3.05) is 65.9 Å². The van der Waals surface area contributed by atoms with Gasteiger partial charge < -0.3 is 20.4 Å². The Bertz CT molecular complexity index is 1090. The molecule has 2 fully saturated rings. The summed E-state index contributed by atoms with van der Waals surface area (Å²) in [6.45, 7) is 6.86. The summed E-state index contributed by atoms with van der Waals surface area (Å²) in [7, 11) is 0. The maximum Gasteiger partial charge on any atom is 0.251 e. The Morgan fingerprint density at radius 2 is 2.06 bits per heavy atom. The number of fused-ring (bicyclic) bond motifs is 3. The molecule has 2 saturated heterocycles. The third-order valence-electron chi connectivity index (χ3n) is 6.55. The number of piperazine rings is 1. The van der Waals surface area contributed by atoms with E-state index in [9.17, 15) is 14.0 Å². The number of pyridine rings is 1. The molecule has 0 spiro atoms. The number of anilines is 3. The molecule has 10 heteroatoms. The van der Waals surface area contributed by atoms with E-state index in [2.05, 4.69) is 20.4 Å². The molecule has 2 N–H and O–H groups in total. The van der Waals surface area contributed by atoms with Crippen LogP contribution in [0.25, 0.3) is 0 Å². The van der Waals surface area contributed by atoms with Gasteiger partial charge in [-0.15, -0.1) is 0 Å². The van der Waals surface area contributed by atoms with Crippen LogP contribution >= 0.6 is 11.8 Å². The van der Waals surface area contributed by atoms with Crippen molar-refractivity contribution in [3.05, 3.63) is 47.4 Å². The van der Waals surface area contributed by atoms with Gasteiger partial charge >= 0.3 is 0 Å². The van der Waals surface area contributed by atoms with E-state index in [1.54, 1.807) is 23.9 Å². The Morgan fingerprint density at radius 3 is 2.82 bits per heavy atom. The molecule has 34 heavy (non-hydrogen) atoms. The molecule has 4 heterocycles. The van der Waals surface area contributed by atoms with Crippen LogP contribution in [0.2, 0.25) is 0 Å². The van der Waals surface area contributed by atoms with E-state index in [0.29, 0.717) is 30.9 Å². The fraction of sp³-hybridized carbons (Fsp3) is 0.458. The third-order valence-corrected chi connectivity index (χ3v) is 7.57. The first kappa shape index (κ1) is 22.9. The molecule has 0 bridgehead atoms. The highest BCUT2D eigenvalue weighted by atomic mass is 32.2. The van der Waals surface area contributed by atoms with Gasteiger partial charge in [0.15, 0.2) is 5.82 Å². The van der Waals surface area contributed by atoms with Crippen molar-refractivity contribution in [3.8, 4) is 0 Å². The number of hydrogen-bond acceptors (Lipinski definition) is 7. The molecule has 1 aromatic carbocycles. The number of carbonyl (C=O) groups is 2. The van der Waals surface area contributed by atoms with E-state index in [1.165, 1.54) is 6.07 Å². The predicted molar refractivity (Wildman–Crippen MR) is 133 cm³/mol. The third kappa shape index (κ3) is 4.56. The van der Waals surface area contributed by atoms with E-state index in [-0.39, 0.29) is 23.7 Å². The number of aromatic nitrogens is 1. The molecule has 1 aromatic heterocycles. The molecule has 8 nitrogen and oxygen atoms in total. The van der Waals surface area contributed by atoms with E-state index >= 15 is 0 Å². The molecule has 3 aliphatic heterocycles. The lowest BCUT2D eigenvalue weighted by atomic mass is 10.1. The fourth-order valence-corrected chi connectivity index (χ4v) is 5.82. The van der Waals surface area contributed by atoms with Gasteiger partial charge in [0.05, 0.1) is 11.4 Å². The van der Waals surface area contributed by atoms with Gasteiger partial charge in [-0.25, -0.2) is 9.37 Å². The van der Waals surface area contributed by atoms with Crippen LogP contribution < -0.4 is 20.4 Å². The second kappa shape index (κ2) is 9.79. The van der Waals surface area contributed by atoms with Gasteiger partial charge in [0.1, 0.15) is 11.9 Å². The zero-order valence-electron chi connectivity index (χ0n) is 19.2. The van der Waals surface area contributed by atoms with Crippen molar-refractivity contribution in [1.82, 2.24) is 15.2 Å². The summed E-state index contributed by atoms with van der Waals surface area (Å²) in [5.74, 6) is 2.08. The Kier molecular flexibility index (Phi) is 6.60. The average molecular weight is 485 g/mol. The predicted octanol–water partition coefficient (Wildman–Crippen LogP) is 2.17. The number of nitrogens with one attached hydrogen (secondary N) is 2. The first-order valence-electron chi connectivity index (χ1n) is 11.7. The summed E-state index contributed by atoms with van der Waals surface area (Å²) in [6.07, 6.45) is 1.90. The molecule has 5 rings (SSSR count). The van der Waals surface area contributed by atoms with Gasteiger partial charge in [-0.2, -0.15) is 11.8 Å². The van der Waals surface area contributed by atoms with Crippen LogP contribution in [0.5, 0.6) is 0 Å². The zero-order valence-corrected chi connectivity index (χ0v) is 20.0. The van der Waals surface area contributed by atoms with Crippen molar-refractivity contribution in [2.24, 2.45) is 0 Å². The number of amides is 2. The maximum atomic E-state index is 14.7. The number of nitrogens with zero attached hydrogens (tertiary/aromatic N) is 4. The molecule has 0 saturated carbocycles. The smallest absolute Gasteiger partial charge is 0.251 e. The van der Waals surface area contributed by atoms with Crippen LogP contribution in [0.1, 0.15) is 22.8 Å². The van der Waals surface area contributed by atoms with E-state index < -0.39 is 0 Å². The summed E-state index contributed by atoms with van der Waals surface area (Å²) < 4.78 is 14.7. The summed E-state index contributed by atoms with van der Waals surface area (Å²) in [6, 6.07) is 6.58. The van der Waals surface area contributed by atoms with Crippen LogP contribution in [-0.2, 0) is 11.3 Å². The van der Waals surface area contributed by atoms with Crippen LogP contribution in [0.15, 0.2) is 30.5 Å². The Morgan fingerprint density at radius 1 is 1.24 bits per heavy atom. The number of halogens is 1. The molecule has 0 unspecified atom stereocenters. The van der Waals surface area contributed by atoms with E-state index in [0.717, 1.165) is 54.8 Å². The zero-order chi connectivity index (χ0) is 23.7. The number of rotatable bonds is 5. The molecule has 2 aromatic rings. The highest BCUT2D eigenvalue weighted by molar-refractivity contribution is 7.99. The van der Waals surface area contributed by atoms with Gasteiger partial charge in [0.25, 0.3) is 5.91 Å². The minimum absolute atomic E-state index is 0.0486. The summed E-state index contributed by atoms with van der Waals surface area (Å²) >= 11 is 1.81. The first-order valence-corrected chi connectivity index (χ1v) is 12.9. The van der Waals surface area contributed by atoms with Gasteiger partial charge in [0, 0.05) is 69.1 Å². The quantitative estimate of drug-likeness (QED) is 0.673. The molecule has 3 aliphatic rings. The van der Waals surface area contributed by atoms with Gasteiger partial charge in [-0.3, -0.25) is 14.5 Å². The van der Waals surface area contributed by atoms with E-state index in [4.69, 9.17) is 4.98 Å². The summed E-state index contributed by atoms with van der Waals surface area (Å²) in [5, 5.41) is 5.73. The fourth-order valence-electron chi connectivity index (χ4n) is 4.77. The second-order valence-electron chi connectivity index (χ2n) is 8.78. The monoisotopic (exact) mass is 484 g/mol. The molecule has 180 valence electrons. The van der Waals surface area contributed by atoms with Crippen LogP contribution in [0, 0.1) is 5.82 Å². The molecule has 0 aliphatic carbocycles. The standard InChI is InChI=1S/C24H29FN6O2S/c1-2-26-23(32)17-3-4-20(18(25)12-17)30-7-5-29(6-8-30)14-16-11-19-22(27-13-16)31-9-10-34-15-21(31)24(33)28-19/h3-4,11-13,21H,2,5-10,14-15H2,1H3,(H,26,32)(H,28,33)/t21-/m0/s1. The van der Waals surface area contributed by atoms with E-state index in [1.807, 2.05) is 24.1 Å². The second-order valence-corrected chi connectivity index (χ2v) is 9.93. The lowest BCUT2D eigenvalue weighted by Crippen LogP contribution is -2.53. The minimum Gasteiger partial charge on any atom is -0.367 e. The molecule has 0 radical (unpaired) electrons. The van der Waals surface area contributed by atoms with Crippen molar-refractivity contribution >= 4 is 40.8 Å². The lowest BCUT2D eigenvalue weighted by molar-refractivity contribution is -0.117. The molecule has 2 amide bonds. The molecular formula is C24H29FN6O2S. The van der Waals surface area contributed by atoms with Gasteiger partial charge in [-0.1, -0.05) is 0 Å². The first-order chi connectivity index (χ1) is 16.5. The van der Waals surface area contributed by atoms with Gasteiger partial charge in [0.2, 0.25) is 5.91 Å². The number of thioether (sulfide) groups is 1. The van der Waals surface area contributed by atoms with Crippen molar-refractivity contribution in [1.29, 1.82) is 0 Å². The normalized spacial score (nSPS) is 20.4. The van der Waals surface area contributed by atoms with Crippen molar-refractivity contribution < 1.29 is 14.0 Å². The SMILES string of the molecule is CCNC(=O)c1ccc(N2CCN(Cc3cnc4c(c3)NC(=O)[C@@H]3CSCCN43)CC2)c(F)c1. The average Bonchev–Trinajstić information content (AvgIpc) is 2.85. The summed E-state index contributed by atoms with van der Waals surface area (Å²) in [4.78, 5) is 35.6. The van der Waals surface area contributed by atoms with Crippen LogP contribution in [-0.4, -0.2) is 78.5 Å². The maximum absolute atomic E-state index is 14.7. The largest absolute Gasteiger partial charge is 0.367 e. The highest BCUT2D eigenvalue weighted by Gasteiger charge is 2.36. The van der Waals surface area contributed by atoms with Crippen LogP contribution in [0.3, 0.4) is 0 Å².